The van der Waals surface area contributed by atoms with Crippen LogP contribution in [0.25, 0.3) is 0 Å². The number of ether oxygens (including phenoxy) is 1. The van der Waals surface area contributed by atoms with Gasteiger partial charge in [0.25, 0.3) is 5.91 Å². The van der Waals surface area contributed by atoms with Crippen molar-refractivity contribution < 1.29 is 9.53 Å². The van der Waals surface area contributed by atoms with Gasteiger partial charge in [-0.05, 0) is 31.4 Å². The second-order valence-electron chi connectivity index (χ2n) is 6.63. The van der Waals surface area contributed by atoms with E-state index in [4.69, 9.17) is 4.74 Å². The highest BCUT2D eigenvalue weighted by molar-refractivity contribution is 5.97. The number of carbonyl (C=O) groups excluding carboxylic acids is 1. The Morgan fingerprint density at radius 2 is 2.08 bits per heavy atom. The van der Waals surface area contributed by atoms with Crippen molar-refractivity contribution >= 4 is 17.6 Å². The summed E-state index contributed by atoms with van der Waals surface area (Å²) in [6, 6.07) is 8.23. The maximum Gasteiger partial charge on any atom is 0.265 e. The molecule has 1 aromatic rings. The number of fused-ring (bicyclic) bond motifs is 1. The first-order valence-corrected chi connectivity index (χ1v) is 9.27. The quantitative estimate of drug-likeness (QED) is 0.489. The maximum atomic E-state index is 12.1. The number of hydrogen-bond donors (Lipinski definition) is 2. The van der Waals surface area contributed by atoms with Crippen LogP contribution in [0.2, 0.25) is 0 Å². The van der Waals surface area contributed by atoms with Crippen molar-refractivity contribution in [3.63, 3.8) is 0 Å². The van der Waals surface area contributed by atoms with E-state index in [1.807, 2.05) is 29.2 Å². The van der Waals surface area contributed by atoms with Crippen LogP contribution in [0.3, 0.4) is 0 Å². The molecule has 1 heterocycles. The Morgan fingerprint density at radius 1 is 1.28 bits per heavy atom. The van der Waals surface area contributed by atoms with Gasteiger partial charge in [0.1, 0.15) is 5.75 Å². The zero-order valence-corrected chi connectivity index (χ0v) is 15.0. The number of amides is 1. The minimum Gasteiger partial charge on any atom is -0.482 e. The van der Waals surface area contributed by atoms with Crippen molar-refractivity contribution in [1.29, 1.82) is 0 Å². The Kier molecular flexibility index (Phi) is 6.14. The lowest BCUT2D eigenvalue weighted by Crippen LogP contribution is -2.45. The normalized spacial score (nSPS) is 18.5. The Balaban J connectivity index is 1.45. The van der Waals surface area contributed by atoms with Crippen LogP contribution < -0.4 is 20.3 Å². The van der Waals surface area contributed by atoms with E-state index >= 15 is 0 Å². The summed E-state index contributed by atoms with van der Waals surface area (Å²) in [7, 11) is 1.81. The monoisotopic (exact) mass is 344 g/mol. The number of carbonyl (C=O) groups is 1. The largest absolute Gasteiger partial charge is 0.482 e. The van der Waals surface area contributed by atoms with Crippen LogP contribution in [0.15, 0.2) is 29.3 Å². The summed E-state index contributed by atoms with van der Waals surface area (Å²) >= 11 is 0. The molecule has 1 amide bonds. The number of hydrogen-bond acceptors (Lipinski definition) is 3. The molecule has 2 aliphatic rings. The van der Waals surface area contributed by atoms with Crippen molar-refractivity contribution in [2.75, 3.05) is 31.6 Å². The molecule has 25 heavy (non-hydrogen) atoms. The fraction of sp³-hybridized carbons (Fsp3) is 0.579. The summed E-state index contributed by atoms with van der Waals surface area (Å²) in [5.41, 5.74) is 0.864. The molecular formula is C19H28N4O2. The molecule has 1 fully saturated rings. The average molecular weight is 344 g/mol. The smallest absolute Gasteiger partial charge is 0.265 e. The zero-order valence-electron chi connectivity index (χ0n) is 15.0. The van der Waals surface area contributed by atoms with Crippen LogP contribution in [0.1, 0.15) is 38.5 Å². The number of benzene rings is 1. The zero-order chi connectivity index (χ0) is 17.5. The third-order valence-electron chi connectivity index (χ3n) is 4.83. The number of rotatable bonds is 5. The molecule has 6 heteroatoms. The van der Waals surface area contributed by atoms with E-state index in [9.17, 15) is 4.79 Å². The van der Waals surface area contributed by atoms with Gasteiger partial charge in [0.05, 0.1) is 5.69 Å². The summed E-state index contributed by atoms with van der Waals surface area (Å²) < 4.78 is 5.48. The van der Waals surface area contributed by atoms with E-state index in [1.54, 1.807) is 7.05 Å². The van der Waals surface area contributed by atoms with Gasteiger partial charge in [-0.15, -0.1) is 0 Å². The highest BCUT2D eigenvalue weighted by atomic mass is 16.5. The van der Waals surface area contributed by atoms with E-state index in [1.165, 1.54) is 32.1 Å². The van der Waals surface area contributed by atoms with Crippen molar-refractivity contribution in [1.82, 2.24) is 10.6 Å². The van der Waals surface area contributed by atoms with Crippen LogP contribution in [-0.2, 0) is 4.79 Å². The van der Waals surface area contributed by atoms with E-state index in [-0.39, 0.29) is 12.5 Å². The van der Waals surface area contributed by atoms with Crippen LogP contribution in [-0.4, -0.2) is 44.7 Å². The fourth-order valence-corrected chi connectivity index (χ4v) is 3.48. The van der Waals surface area contributed by atoms with E-state index in [0.29, 0.717) is 12.6 Å². The van der Waals surface area contributed by atoms with Gasteiger partial charge in [-0.1, -0.05) is 31.4 Å². The van der Waals surface area contributed by atoms with Gasteiger partial charge < -0.3 is 20.3 Å². The minimum atomic E-state index is 0.0170. The van der Waals surface area contributed by atoms with Gasteiger partial charge in [-0.2, -0.15) is 0 Å². The molecule has 2 N–H and O–H groups in total. The predicted molar refractivity (Wildman–Crippen MR) is 100 cm³/mol. The van der Waals surface area contributed by atoms with Crippen LogP contribution in [0.4, 0.5) is 5.69 Å². The first-order chi connectivity index (χ1) is 12.3. The highest BCUT2D eigenvalue weighted by Crippen LogP contribution is 2.31. The Morgan fingerprint density at radius 3 is 2.88 bits per heavy atom. The van der Waals surface area contributed by atoms with E-state index < -0.39 is 0 Å². The van der Waals surface area contributed by atoms with Gasteiger partial charge in [0.15, 0.2) is 12.6 Å². The number of para-hydroxylation sites is 2. The SMILES string of the molecule is CN=C(NCCCN1C(=O)COc2ccccc21)NC1CCCCC1. The predicted octanol–water partition coefficient (Wildman–Crippen LogP) is 2.30. The van der Waals surface area contributed by atoms with Gasteiger partial charge in [-0.25, -0.2) is 0 Å². The summed E-state index contributed by atoms with van der Waals surface area (Å²) in [5, 5.41) is 6.87. The van der Waals surface area contributed by atoms with Gasteiger partial charge in [0, 0.05) is 26.2 Å². The third kappa shape index (κ3) is 4.65. The summed E-state index contributed by atoms with van der Waals surface area (Å²) in [6.07, 6.45) is 7.24. The summed E-state index contributed by atoms with van der Waals surface area (Å²) in [4.78, 5) is 18.3. The molecule has 3 rings (SSSR count). The Hall–Kier alpha value is -2.24. The van der Waals surface area contributed by atoms with Crippen LogP contribution >= 0.6 is 0 Å². The molecule has 1 saturated carbocycles. The summed E-state index contributed by atoms with van der Waals surface area (Å²) in [5.74, 6) is 1.66. The first-order valence-electron chi connectivity index (χ1n) is 9.27. The molecule has 1 aromatic carbocycles. The van der Waals surface area contributed by atoms with Crippen LogP contribution in [0.5, 0.6) is 5.75 Å². The van der Waals surface area contributed by atoms with Gasteiger partial charge >= 0.3 is 0 Å². The molecule has 6 nitrogen and oxygen atoms in total. The molecule has 0 atom stereocenters. The van der Waals surface area contributed by atoms with E-state index in [2.05, 4.69) is 15.6 Å². The van der Waals surface area contributed by atoms with Crippen molar-refractivity contribution in [3.05, 3.63) is 24.3 Å². The fourth-order valence-electron chi connectivity index (χ4n) is 3.48. The lowest BCUT2D eigenvalue weighted by Gasteiger charge is -2.29. The average Bonchev–Trinajstić information content (AvgIpc) is 2.66. The number of guanidine groups is 1. The maximum absolute atomic E-state index is 12.1. The van der Waals surface area contributed by atoms with Gasteiger partial charge in [-0.3, -0.25) is 9.79 Å². The number of anilines is 1. The molecule has 0 aromatic heterocycles. The summed E-state index contributed by atoms with van der Waals surface area (Å²) in [6.45, 7) is 1.57. The van der Waals surface area contributed by atoms with Crippen LogP contribution in [0, 0.1) is 0 Å². The lowest BCUT2D eigenvalue weighted by molar-refractivity contribution is -0.121. The molecular weight excluding hydrogens is 316 g/mol. The molecule has 0 spiro atoms. The topological polar surface area (TPSA) is 66.0 Å². The van der Waals surface area contributed by atoms with E-state index in [0.717, 1.165) is 30.4 Å². The standard InChI is InChI=1S/C19H28N4O2/c1-20-19(22-15-8-3-2-4-9-15)21-12-7-13-23-16-10-5-6-11-17(16)25-14-18(23)24/h5-6,10-11,15H,2-4,7-9,12-14H2,1H3,(H2,20,21,22). The molecule has 136 valence electrons. The highest BCUT2D eigenvalue weighted by Gasteiger charge is 2.24. The molecule has 0 saturated heterocycles. The Bertz CT molecular complexity index is 611. The van der Waals surface area contributed by atoms with Crippen molar-refractivity contribution in [2.24, 2.45) is 4.99 Å². The number of nitrogens with zero attached hydrogens (tertiary/aromatic N) is 2. The molecule has 0 radical (unpaired) electrons. The minimum absolute atomic E-state index is 0.0170. The molecule has 1 aliphatic carbocycles. The lowest BCUT2D eigenvalue weighted by atomic mass is 9.96. The molecule has 1 aliphatic heterocycles. The van der Waals surface area contributed by atoms with Gasteiger partial charge in [0.2, 0.25) is 0 Å². The molecule has 0 bridgehead atoms. The van der Waals surface area contributed by atoms with Crippen molar-refractivity contribution in [3.8, 4) is 5.75 Å². The number of aliphatic imine (C=N–C) groups is 1. The second kappa shape index (κ2) is 8.74. The first kappa shape index (κ1) is 17.6. The Labute approximate surface area is 149 Å². The number of nitrogens with one attached hydrogen (secondary N) is 2. The van der Waals surface area contributed by atoms with Crippen molar-refractivity contribution in [2.45, 2.75) is 44.6 Å². The third-order valence-corrected chi connectivity index (χ3v) is 4.83. The second-order valence-corrected chi connectivity index (χ2v) is 6.63. The molecule has 0 unspecified atom stereocenters.